The summed E-state index contributed by atoms with van der Waals surface area (Å²) in [5, 5.41) is 11.9. The van der Waals surface area contributed by atoms with Crippen molar-refractivity contribution in [3.05, 3.63) is 35.9 Å². The highest BCUT2D eigenvalue weighted by Gasteiger charge is 2.27. The highest BCUT2D eigenvalue weighted by Crippen LogP contribution is 2.24. The molecular weight excluding hydrogens is 254 g/mol. The number of amides is 1. The Bertz CT molecular complexity index is 452. The van der Waals surface area contributed by atoms with Crippen LogP contribution in [0.1, 0.15) is 37.7 Å². The number of carbonyl (C=O) groups excluding carboxylic acids is 1. The van der Waals surface area contributed by atoms with E-state index in [0.717, 1.165) is 31.2 Å². The minimum Gasteiger partial charge on any atom is -0.480 e. The van der Waals surface area contributed by atoms with E-state index in [1.807, 2.05) is 30.3 Å². The first-order valence-corrected chi connectivity index (χ1v) is 7.24. The fourth-order valence-corrected chi connectivity index (χ4v) is 2.69. The van der Waals surface area contributed by atoms with Gasteiger partial charge in [0.15, 0.2) is 0 Å². The second-order valence-corrected chi connectivity index (χ2v) is 5.41. The van der Waals surface area contributed by atoms with E-state index < -0.39 is 12.0 Å². The Balaban J connectivity index is 1.87. The molecule has 1 fully saturated rings. The fraction of sp³-hybridized carbons (Fsp3) is 0.500. The van der Waals surface area contributed by atoms with E-state index in [2.05, 4.69) is 5.32 Å². The summed E-state index contributed by atoms with van der Waals surface area (Å²) in [6.07, 6.45) is 4.99. The smallest absolute Gasteiger partial charge is 0.326 e. The standard InChI is InChI=1S/C16H21NO3/c18-15(13-8-4-5-9-13)17-14(16(19)20)11-10-12-6-2-1-3-7-12/h1-3,6-7,13-14H,4-5,8-11H2,(H,17,18)(H,19,20). The first-order chi connectivity index (χ1) is 9.66. The summed E-state index contributed by atoms with van der Waals surface area (Å²) in [4.78, 5) is 23.3. The molecule has 0 aromatic heterocycles. The summed E-state index contributed by atoms with van der Waals surface area (Å²) in [6.45, 7) is 0. The Labute approximate surface area is 119 Å². The van der Waals surface area contributed by atoms with Gasteiger partial charge in [0.1, 0.15) is 6.04 Å². The third-order valence-corrected chi connectivity index (χ3v) is 3.91. The molecule has 0 radical (unpaired) electrons. The largest absolute Gasteiger partial charge is 0.480 e. The van der Waals surface area contributed by atoms with Gasteiger partial charge in [0.2, 0.25) is 5.91 Å². The predicted molar refractivity (Wildman–Crippen MR) is 76.3 cm³/mol. The number of aryl methyl sites for hydroxylation is 1. The number of carboxylic acid groups (broad SMARTS) is 1. The van der Waals surface area contributed by atoms with Crippen molar-refractivity contribution in [1.29, 1.82) is 0 Å². The molecule has 1 aromatic rings. The van der Waals surface area contributed by atoms with Crippen molar-refractivity contribution in [2.75, 3.05) is 0 Å². The summed E-state index contributed by atoms with van der Waals surface area (Å²) < 4.78 is 0. The maximum atomic E-state index is 12.0. The topological polar surface area (TPSA) is 66.4 Å². The molecule has 1 unspecified atom stereocenters. The van der Waals surface area contributed by atoms with E-state index >= 15 is 0 Å². The van der Waals surface area contributed by atoms with Crippen LogP contribution in [0.3, 0.4) is 0 Å². The van der Waals surface area contributed by atoms with Gasteiger partial charge in [-0.25, -0.2) is 4.79 Å². The van der Waals surface area contributed by atoms with Gasteiger partial charge in [-0.2, -0.15) is 0 Å². The molecule has 0 spiro atoms. The van der Waals surface area contributed by atoms with Gasteiger partial charge >= 0.3 is 5.97 Å². The average Bonchev–Trinajstić information content (AvgIpc) is 2.98. The second kappa shape index (κ2) is 7.08. The van der Waals surface area contributed by atoms with Crippen molar-refractivity contribution in [1.82, 2.24) is 5.32 Å². The Morgan fingerprint density at radius 1 is 1.20 bits per heavy atom. The summed E-state index contributed by atoms with van der Waals surface area (Å²) >= 11 is 0. The Morgan fingerprint density at radius 3 is 2.45 bits per heavy atom. The van der Waals surface area contributed by atoms with Crippen molar-refractivity contribution >= 4 is 11.9 Å². The quantitative estimate of drug-likeness (QED) is 0.837. The van der Waals surface area contributed by atoms with Gasteiger partial charge in [-0.3, -0.25) is 4.79 Å². The maximum Gasteiger partial charge on any atom is 0.326 e. The van der Waals surface area contributed by atoms with Gasteiger partial charge in [-0.1, -0.05) is 43.2 Å². The summed E-state index contributed by atoms with van der Waals surface area (Å²) in [7, 11) is 0. The van der Waals surface area contributed by atoms with E-state index in [0.29, 0.717) is 12.8 Å². The zero-order chi connectivity index (χ0) is 14.4. The number of nitrogens with one attached hydrogen (secondary N) is 1. The minimum atomic E-state index is -0.952. The third-order valence-electron chi connectivity index (χ3n) is 3.91. The molecule has 1 aromatic carbocycles. The van der Waals surface area contributed by atoms with E-state index in [9.17, 15) is 14.7 Å². The molecule has 0 aliphatic heterocycles. The molecule has 1 amide bonds. The number of carboxylic acids is 1. The molecule has 2 N–H and O–H groups in total. The second-order valence-electron chi connectivity index (χ2n) is 5.41. The lowest BCUT2D eigenvalue weighted by atomic mass is 10.0. The van der Waals surface area contributed by atoms with Crippen molar-refractivity contribution in [2.24, 2.45) is 5.92 Å². The van der Waals surface area contributed by atoms with Crippen LogP contribution in [0, 0.1) is 5.92 Å². The number of carbonyl (C=O) groups is 2. The molecule has 108 valence electrons. The summed E-state index contributed by atoms with van der Waals surface area (Å²) in [5.74, 6) is -1.04. The van der Waals surface area contributed by atoms with E-state index in [1.54, 1.807) is 0 Å². The van der Waals surface area contributed by atoms with Crippen LogP contribution in [0.25, 0.3) is 0 Å². The Hall–Kier alpha value is -1.84. The SMILES string of the molecule is O=C(NC(CCc1ccccc1)C(=O)O)C1CCCC1. The van der Waals surface area contributed by atoms with Gasteiger partial charge in [0, 0.05) is 5.92 Å². The van der Waals surface area contributed by atoms with Crippen LogP contribution in [-0.4, -0.2) is 23.0 Å². The fourth-order valence-electron chi connectivity index (χ4n) is 2.69. The van der Waals surface area contributed by atoms with Crippen LogP contribution in [0.15, 0.2) is 30.3 Å². The van der Waals surface area contributed by atoms with Crippen LogP contribution in [0.4, 0.5) is 0 Å². The zero-order valence-electron chi connectivity index (χ0n) is 11.5. The number of rotatable bonds is 6. The molecular formula is C16H21NO3. The first kappa shape index (κ1) is 14.6. The number of hydrogen-bond acceptors (Lipinski definition) is 2. The molecule has 20 heavy (non-hydrogen) atoms. The van der Waals surface area contributed by atoms with Crippen LogP contribution >= 0.6 is 0 Å². The van der Waals surface area contributed by atoms with Gasteiger partial charge in [0.25, 0.3) is 0 Å². The van der Waals surface area contributed by atoms with E-state index in [-0.39, 0.29) is 11.8 Å². The molecule has 4 heteroatoms. The van der Waals surface area contributed by atoms with Gasteiger partial charge in [0.05, 0.1) is 0 Å². The highest BCUT2D eigenvalue weighted by atomic mass is 16.4. The molecule has 1 aliphatic rings. The minimum absolute atomic E-state index is 0.00794. The normalized spacial score (nSPS) is 16.8. The molecule has 2 rings (SSSR count). The molecule has 1 atom stereocenters. The monoisotopic (exact) mass is 275 g/mol. The summed E-state index contributed by atoms with van der Waals surface area (Å²) in [6, 6.07) is 8.95. The van der Waals surface area contributed by atoms with Crippen molar-refractivity contribution < 1.29 is 14.7 Å². The van der Waals surface area contributed by atoms with Crippen LogP contribution in [0.2, 0.25) is 0 Å². The Kier molecular flexibility index (Phi) is 5.16. The number of benzene rings is 1. The molecule has 1 aliphatic carbocycles. The number of hydrogen-bond donors (Lipinski definition) is 2. The van der Waals surface area contributed by atoms with Crippen molar-refractivity contribution in [3.8, 4) is 0 Å². The molecule has 0 heterocycles. The van der Waals surface area contributed by atoms with Gasteiger partial charge < -0.3 is 10.4 Å². The average molecular weight is 275 g/mol. The molecule has 0 bridgehead atoms. The molecule has 4 nitrogen and oxygen atoms in total. The van der Waals surface area contributed by atoms with Crippen molar-refractivity contribution in [2.45, 2.75) is 44.6 Å². The highest BCUT2D eigenvalue weighted by molar-refractivity contribution is 5.85. The van der Waals surface area contributed by atoms with Gasteiger partial charge in [-0.05, 0) is 31.2 Å². The van der Waals surface area contributed by atoms with Crippen LogP contribution < -0.4 is 5.32 Å². The molecule has 0 saturated heterocycles. The van der Waals surface area contributed by atoms with E-state index in [4.69, 9.17) is 0 Å². The lowest BCUT2D eigenvalue weighted by Crippen LogP contribution is -2.43. The van der Waals surface area contributed by atoms with Gasteiger partial charge in [-0.15, -0.1) is 0 Å². The van der Waals surface area contributed by atoms with Crippen LogP contribution in [-0.2, 0) is 16.0 Å². The first-order valence-electron chi connectivity index (χ1n) is 7.24. The lowest BCUT2D eigenvalue weighted by molar-refractivity contribution is -0.142. The predicted octanol–water partition coefficient (Wildman–Crippen LogP) is 2.38. The maximum absolute atomic E-state index is 12.0. The third kappa shape index (κ3) is 4.08. The number of aliphatic carboxylic acids is 1. The van der Waals surface area contributed by atoms with Crippen molar-refractivity contribution in [3.63, 3.8) is 0 Å². The Morgan fingerprint density at radius 2 is 1.85 bits per heavy atom. The summed E-state index contributed by atoms with van der Waals surface area (Å²) in [5.41, 5.74) is 1.09. The lowest BCUT2D eigenvalue weighted by Gasteiger charge is -2.17. The zero-order valence-corrected chi connectivity index (χ0v) is 11.5. The molecule has 1 saturated carbocycles. The van der Waals surface area contributed by atoms with E-state index in [1.165, 1.54) is 0 Å². The van der Waals surface area contributed by atoms with Crippen LogP contribution in [0.5, 0.6) is 0 Å².